The molecule has 0 aliphatic rings. The molecule has 15 nitrogen and oxygen atoms in total. The molecule has 0 fully saturated rings. The maximum atomic E-state index is 12.0. The molecule has 3 N–H and O–H groups in total. The van der Waals surface area contributed by atoms with Crippen LogP contribution in [0.4, 0.5) is 0 Å². The van der Waals surface area contributed by atoms with Crippen LogP contribution in [-0.4, -0.2) is 124 Å². The number of carbonyl (C=O) groups is 3. The van der Waals surface area contributed by atoms with Gasteiger partial charge in [-0.15, -0.1) is 0 Å². The van der Waals surface area contributed by atoms with E-state index < -0.39 is 5.97 Å². The first-order valence-electron chi connectivity index (χ1n) is 10.6. The van der Waals surface area contributed by atoms with Gasteiger partial charge in [-0.05, 0) is 38.0 Å². The van der Waals surface area contributed by atoms with E-state index in [0.717, 1.165) is 0 Å². The SMILES string of the molecule is CN(CCN(C)CC(=O)NCCCN=[N+]=[N-])CCN(CC(=O)O)CC(=O)NCCCN=[N+]=[N-]. The van der Waals surface area contributed by atoms with Gasteiger partial charge in [0.05, 0.1) is 19.6 Å². The molecule has 0 saturated heterocycles. The highest BCUT2D eigenvalue weighted by molar-refractivity contribution is 5.79. The molecule has 0 radical (unpaired) electrons. The number of likely N-dealkylation sites (N-methyl/N-ethyl adjacent to an activating group) is 2. The van der Waals surface area contributed by atoms with E-state index in [4.69, 9.17) is 16.2 Å². The Labute approximate surface area is 193 Å². The first-order chi connectivity index (χ1) is 15.8. The van der Waals surface area contributed by atoms with Gasteiger partial charge in [-0.2, -0.15) is 0 Å². The summed E-state index contributed by atoms with van der Waals surface area (Å²) >= 11 is 0. The van der Waals surface area contributed by atoms with E-state index in [9.17, 15) is 14.4 Å². The summed E-state index contributed by atoms with van der Waals surface area (Å²) in [5.74, 6) is -1.41. The second-order valence-corrected chi connectivity index (χ2v) is 7.46. The third kappa shape index (κ3) is 19.3. The molecule has 2 amide bonds. The van der Waals surface area contributed by atoms with E-state index in [-0.39, 0.29) is 38.0 Å². The minimum absolute atomic E-state index is 0.0403. The molecule has 0 spiro atoms. The lowest BCUT2D eigenvalue weighted by Crippen LogP contribution is -2.44. The lowest BCUT2D eigenvalue weighted by molar-refractivity contribution is -0.138. The fourth-order valence-corrected chi connectivity index (χ4v) is 2.65. The summed E-state index contributed by atoms with van der Waals surface area (Å²) in [6.45, 7) is 3.62. The Bertz CT molecular complexity index is 693. The summed E-state index contributed by atoms with van der Waals surface area (Å²) < 4.78 is 0. The van der Waals surface area contributed by atoms with Crippen molar-refractivity contribution in [1.82, 2.24) is 25.3 Å². The molecule has 0 aliphatic heterocycles. The summed E-state index contributed by atoms with van der Waals surface area (Å²) in [7, 11) is 3.72. The van der Waals surface area contributed by atoms with Gasteiger partial charge in [0.25, 0.3) is 0 Å². The van der Waals surface area contributed by atoms with Crippen LogP contribution in [0.2, 0.25) is 0 Å². The number of aliphatic carboxylic acids is 1. The van der Waals surface area contributed by atoms with E-state index in [1.807, 2.05) is 23.9 Å². The summed E-state index contributed by atoms with van der Waals surface area (Å²) in [5.41, 5.74) is 16.4. The highest BCUT2D eigenvalue weighted by Gasteiger charge is 2.15. The highest BCUT2D eigenvalue weighted by atomic mass is 16.4. The third-order valence-electron chi connectivity index (χ3n) is 4.44. The molecule has 15 heteroatoms. The second-order valence-electron chi connectivity index (χ2n) is 7.46. The molecular weight excluding hydrogens is 434 g/mol. The Morgan fingerprint density at radius 1 is 0.788 bits per heavy atom. The van der Waals surface area contributed by atoms with Crippen molar-refractivity contribution in [2.45, 2.75) is 12.8 Å². The van der Waals surface area contributed by atoms with Gasteiger partial charge in [-0.3, -0.25) is 24.2 Å². The summed E-state index contributed by atoms with van der Waals surface area (Å²) in [5, 5.41) is 21.3. The van der Waals surface area contributed by atoms with Crippen molar-refractivity contribution in [1.29, 1.82) is 0 Å². The fraction of sp³-hybridized carbons (Fsp3) is 0.833. The highest BCUT2D eigenvalue weighted by Crippen LogP contribution is 1.93. The maximum Gasteiger partial charge on any atom is 0.317 e. The molecule has 0 rings (SSSR count). The molecule has 33 heavy (non-hydrogen) atoms. The van der Waals surface area contributed by atoms with Gasteiger partial charge in [0.2, 0.25) is 11.8 Å². The minimum atomic E-state index is -1.01. The number of amides is 2. The lowest BCUT2D eigenvalue weighted by atomic mass is 10.3. The zero-order chi connectivity index (χ0) is 24.9. The molecule has 0 bridgehead atoms. The minimum Gasteiger partial charge on any atom is -0.480 e. The molecule has 0 heterocycles. The van der Waals surface area contributed by atoms with E-state index in [1.165, 1.54) is 0 Å². The molecule has 0 saturated carbocycles. The maximum absolute atomic E-state index is 12.0. The van der Waals surface area contributed by atoms with Crippen molar-refractivity contribution in [3.05, 3.63) is 20.9 Å². The van der Waals surface area contributed by atoms with Crippen molar-refractivity contribution in [2.24, 2.45) is 10.2 Å². The predicted octanol–water partition coefficient (Wildman–Crippen LogP) is -0.130. The van der Waals surface area contributed by atoms with Gasteiger partial charge in [0, 0.05) is 62.2 Å². The normalized spacial score (nSPS) is 10.6. The monoisotopic (exact) mass is 469 g/mol. The number of hydrogen-bond donors (Lipinski definition) is 3. The number of nitrogens with zero attached hydrogens (tertiary/aromatic N) is 9. The molecule has 0 atom stereocenters. The summed E-state index contributed by atoms with van der Waals surface area (Å²) in [6, 6.07) is 0. The van der Waals surface area contributed by atoms with Crippen LogP contribution in [0.3, 0.4) is 0 Å². The topological polar surface area (TPSA) is 203 Å². The Hall–Kier alpha value is -3.09. The second kappa shape index (κ2) is 19.6. The average Bonchev–Trinajstić information content (AvgIpc) is 2.75. The molecular formula is C18H35N11O4. The number of azide groups is 2. The third-order valence-corrected chi connectivity index (χ3v) is 4.44. The first-order valence-corrected chi connectivity index (χ1v) is 10.6. The summed E-state index contributed by atoms with van der Waals surface area (Å²) in [6.07, 6.45) is 1.10. The van der Waals surface area contributed by atoms with Crippen molar-refractivity contribution >= 4 is 17.8 Å². The molecule has 0 aromatic carbocycles. The molecule has 0 aromatic rings. The zero-order valence-corrected chi connectivity index (χ0v) is 19.4. The summed E-state index contributed by atoms with van der Waals surface area (Å²) in [4.78, 5) is 45.7. The van der Waals surface area contributed by atoms with Crippen LogP contribution in [-0.2, 0) is 14.4 Å². The van der Waals surface area contributed by atoms with Gasteiger partial charge < -0.3 is 20.6 Å². The largest absolute Gasteiger partial charge is 0.480 e. The standard InChI is InChI=1S/C18H35N11O4/c1-27(9-10-28(2)13-16(30)21-5-3-7-23-25-19)11-12-29(15-18(32)33)14-17(31)22-6-4-8-24-26-20/h3-15H2,1-2H3,(H,21,30)(H,22,31)(H,32,33). The van der Waals surface area contributed by atoms with Crippen LogP contribution < -0.4 is 10.6 Å². The zero-order valence-electron chi connectivity index (χ0n) is 19.4. The Morgan fingerprint density at radius 2 is 1.27 bits per heavy atom. The smallest absolute Gasteiger partial charge is 0.317 e. The molecule has 0 unspecified atom stereocenters. The Balaban J connectivity index is 4.21. The number of carboxylic acids is 1. The van der Waals surface area contributed by atoms with E-state index >= 15 is 0 Å². The first kappa shape index (κ1) is 29.9. The van der Waals surface area contributed by atoms with Gasteiger partial charge >= 0.3 is 5.97 Å². The lowest BCUT2D eigenvalue weighted by Gasteiger charge is -2.25. The van der Waals surface area contributed by atoms with Gasteiger partial charge in [0.15, 0.2) is 0 Å². The van der Waals surface area contributed by atoms with Gasteiger partial charge in [-0.25, -0.2) is 0 Å². The number of hydrogen-bond acceptors (Lipinski definition) is 8. The molecule has 0 aromatic heterocycles. The average molecular weight is 470 g/mol. The van der Waals surface area contributed by atoms with Gasteiger partial charge in [0.1, 0.15) is 0 Å². The van der Waals surface area contributed by atoms with Crippen LogP contribution in [0, 0.1) is 0 Å². The van der Waals surface area contributed by atoms with Crippen LogP contribution >= 0.6 is 0 Å². The van der Waals surface area contributed by atoms with Crippen molar-refractivity contribution < 1.29 is 19.5 Å². The van der Waals surface area contributed by atoms with Gasteiger partial charge in [-0.1, -0.05) is 10.2 Å². The molecule has 0 aliphatic carbocycles. The van der Waals surface area contributed by atoms with Crippen LogP contribution in [0.5, 0.6) is 0 Å². The van der Waals surface area contributed by atoms with E-state index in [2.05, 4.69) is 30.7 Å². The Morgan fingerprint density at radius 3 is 1.79 bits per heavy atom. The van der Waals surface area contributed by atoms with Crippen LogP contribution in [0.25, 0.3) is 20.9 Å². The number of carboxylic acid groups (broad SMARTS) is 1. The Kier molecular flexibility index (Phi) is 17.8. The number of carbonyl (C=O) groups excluding carboxylic acids is 2. The van der Waals surface area contributed by atoms with Crippen LogP contribution in [0.15, 0.2) is 10.2 Å². The number of nitrogens with one attached hydrogen (secondary N) is 2. The predicted molar refractivity (Wildman–Crippen MR) is 122 cm³/mol. The quantitative estimate of drug-likeness (QED) is 0.0952. The van der Waals surface area contributed by atoms with Crippen LogP contribution in [0.1, 0.15) is 12.8 Å². The van der Waals surface area contributed by atoms with E-state index in [1.54, 1.807) is 4.90 Å². The number of rotatable bonds is 20. The molecule has 186 valence electrons. The van der Waals surface area contributed by atoms with Crippen molar-refractivity contribution in [3.63, 3.8) is 0 Å². The van der Waals surface area contributed by atoms with Crippen molar-refractivity contribution in [3.8, 4) is 0 Å². The fourth-order valence-electron chi connectivity index (χ4n) is 2.65. The van der Waals surface area contributed by atoms with Crippen molar-refractivity contribution in [2.75, 3.05) is 86.1 Å². The van der Waals surface area contributed by atoms with E-state index in [0.29, 0.717) is 58.7 Å².